The Morgan fingerprint density at radius 2 is 1.31 bits per heavy atom. The van der Waals surface area contributed by atoms with Gasteiger partial charge in [0.2, 0.25) is 0 Å². The molecule has 0 aliphatic carbocycles. The third-order valence-electron chi connectivity index (χ3n) is 4.24. The minimum absolute atomic E-state index is 0.968. The lowest BCUT2D eigenvalue weighted by molar-refractivity contribution is 1.19. The minimum atomic E-state index is -1.23. The van der Waals surface area contributed by atoms with Crippen LogP contribution in [0, 0.1) is 13.8 Å². The molecule has 0 aliphatic rings. The van der Waals surface area contributed by atoms with Crippen LogP contribution >= 0.6 is 0 Å². The number of rotatable bonds is 4. The summed E-state index contributed by atoms with van der Waals surface area (Å²) in [5.41, 5.74) is 9.51. The van der Waals surface area contributed by atoms with Gasteiger partial charge >= 0.3 is 0 Å². The summed E-state index contributed by atoms with van der Waals surface area (Å²) < 4.78 is 0. The normalized spacial score (nSPS) is 11.8. The van der Waals surface area contributed by atoms with Crippen molar-refractivity contribution in [1.29, 1.82) is 0 Å². The summed E-state index contributed by atoms with van der Waals surface area (Å²) >= 11 is 0. The molecule has 0 aromatic heterocycles. The Bertz CT molecular complexity index is 336. The highest BCUT2D eigenvalue weighted by Crippen LogP contribution is 2.23. The Kier molecular flexibility index (Phi) is 4.19. The van der Waals surface area contributed by atoms with E-state index in [9.17, 15) is 0 Å². The van der Waals surface area contributed by atoms with E-state index in [1.54, 1.807) is 5.19 Å². The molecule has 1 aromatic carbocycles. The molecule has 16 heavy (non-hydrogen) atoms. The topological polar surface area (TPSA) is 26.0 Å². The molecule has 2 N–H and O–H groups in total. The summed E-state index contributed by atoms with van der Waals surface area (Å²) in [6.45, 7) is 11.3. The molecule has 0 unspecified atom stereocenters. The van der Waals surface area contributed by atoms with Crippen LogP contribution in [-0.2, 0) is 0 Å². The van der Waals surface area contributed by atoms with E-state index in [1.165, 1.54) is 29.3 Å². The Labute approximate surface area is 101 Å². The molecule has 90 valence electrons. The molecule has 0 heterocycles. The molecular weight excluding hydrogens is 210 g/mol. The van der Waals surface area contributed by atoms with Crippen LogP contribution in [0.25, 0.3) is 0 Å². The summed E-state index contributed by atoms with van der Waals surface area (Å²) in [6, 6.07) is 8.69. The molecule has 0 bridgehead atoms. The first-order chi connectivity index (χ1) is 7.50. The van der Waals surface area contributed by atoms with E-state index < -0.39 is 8.07 Å². The van der Waals surface area contributed by atoms with Gasteiger partial charge in [-0.05, 0) is 25.0 Å². The third kappa shape index (κ3) is 2.17. The highest BCUT2D eigenvalue weighted by Gasteiger charge is 2.29. The summed E-state index contributed by atoms with van der Waals surface area (Å²) in [7, 11) is -1.23. The van der Waals surface area contributed by atoms with Gasteiger partial charge < -0.3 is 5.73 Å². The maximum Gasteiger partial charge on any atom is 0.0859 e. The van der Waals surface area contributed by atoms with Gasteiger partial charge in [-0.3, -0.25) is 0 Å². The Hall–Kier alpha value is -0.763. The lowest BCUT2D eigenvalue weighted by atomic mass is 10.1. The molecule has 0 aliphatic heterocycles. The summed E-state index contributed by atoms with van der Waals surface area (Å²) in [5.74, 6) is 0. The van der Waals surface area contributed by atoms with E-state index in [-0.39, 0.29) is 0 Å². The van der Waals surface area contributed by atoms with Gasteiger partial charge in [0.15, 0.2) is 0 Å². The van der Waals surface area contributed by atoms with Crippen LogP contribution in [0.1, 0.15) is 31.9 Å². The van der Waals surface area contributed by atoms with E-state index >= 15 is 0 Å². The van der Waals surface area contributed by atoms with Crippen molar-refractivity contribution in [2.75, 3.05) is 5.73 Å². The highest BCUT2D eigenvalue weighted by atomic mass is 28.3. The third-order valence-corrected chi connectivity index (χ3v) is 9.81. The van der Waals surface area contributed by atoms with Crippen LogP contribution in [0.4, 0.5) is 5.69 Å². The average Bonchev–Trinajstić information content (AvgIpc) is 2.29. The molecule has 0 amide bonds. The molecule has 1 aromatic rings. The molecule has 0 spiro atoms. The molecule has 0 radical (unpaired) electrons. The number of hydrogen-bond donors (Lipinski definition) is 1. The molecule has 0 saturated heterocycles. The number of nitrogen functional groups attached to an aromatic ring is 1. The fraction of sp³-hybridized carbons (Fsp3) is 0.571. The highest BCUT2D eigenvalue weighted by molar-refractivity contribution is 6.91. The second-order valence-corrected chi connectivity index (χ2v) is 10.1. The number of benzene rings is 1. The van der Waals surface area contributed by atoms with E-state index in [0.717, 1.165) is 5.69 Å². The van der Waals surface area contributed by atoms with Crippen molar-refractivity contribution in [3.05, 3.63) is 23.3 Å². The van der Waals surface area contributed by atoms with Crippen molar-refractivity contribution in [3.63, 3.8) is 0 Å². The van der Waals surface area contributed by atoms with E-state index in [2.05, 4.69) is 46.8 Å². The van der Waals surface area contributed by atoms with Crippen molar-refractivity contribution in [2.45, 2.75) is 52.8 Å². The van der Waals surface area contributed by atoms with Crippen LogP contribution in [-0.4, -0.2) is 8.07 Å². The Morgan fingerprint density at radius 1 is 0.938 bits per heavy atom. The number of nitrogens with two attached hydrogens (primary N) is 1. The van der Waals surface area contributed by atoms with Gasteiger partial charge in [-0.2, -0.15) is 0 Å². The fourth-order valence-corrected chi connectivity index (χ4v) is 6.41. The summed E-state index contributed by atoms with van der Waals surface area (Å²) in [6.07, 6.45) is 0. The lowest BCUT2D eigenvalue weighted by Gasteiger charge is -2.29. The van der Waals surface area contributed by atoms with Gasteiger partial charge in [0.25, 0.3) is 0 Å². The molecule has 0 saturated carbocycles. The van der Waals surface area contributed by atoms with E-state index in [4.69, 9.17) is 5.73 Å². The summed E-state index contributed by atoms with van der Waals surface area (Å²) in [4.78, 5) is 0. The zero-order valence-electron chi connectivity index (χ0n) is 11.4. The molecule has 1 nitrogen and oxygen atoms in total. The first-order valence-corrected chi connectivity index (χ1v) is 9.00. The van der Waals surface area contributed by atoms with Gasteiger partial charge in [-0.15, -0.1) is 0 Å². The van der Waals surface area contributed by atoms with Crippen LogP contribution in [0.15, 0.2) is 12.1 Å². The maximum atomic E-state index is 6.03. The largest absolute Gasteiger partial charge is 0.398 e. The smallest absolute Gasteiger partial charge is 0.0859 e. The van der Waals surface area contributed by atoms with Gasteiger partial charge in [0.05, 0.1) is 8.07 Å². The van der Waals surface area contributed by atoms with Crippen molar-refractivity contribution in [2.24, 2.45) is 0 Å². The molecule has 1 rings (SSSR count). The fourth-order valence-electron chi connectivity index (χ4n) is 2.64. The second-order valence-electron chi connectivity index (χ2n) is 4.86. The van der Waals surface area contributed by atoms with Crippen molar-refractivity contribution in [3.8, 4) is 0 Å². The standard InChI is InChI=1S/C14H25NSi/c1-6-16(7-2,8-3)13-9-11(4)14(15)12(5)10-13/h9-10H,6-8,15H2,1-5H3. The van der Waals surface area contributed by atoms with Crippen LogP contribution < -0.4 is 10.9 Å². The van der Waals surface area contributed by atoms with Crippen LogP contribution in [0.2, 0.25) is 18.1 Å². The Morgan fingerprint density at radius 3 is 1.62 bits per heavy atom. The maximum absolute atomic E-state index is 6.03. The quantitative estimate of drug-likeness (QED) is 0.626. The van der Waals surface area contributed by atoms with Crippen LogP contribution in [0.3, 0.4) is 0 Å². The van der Waals surface area contributed by atoms with Gasteiger partial charge in [0, 0.05) is 5.69 Å². The zero-order chi connectivity index (χ0) is 12.3. The predicted molar refractivity (Wildman–Crippen MR) is 77.2 cm³/mol. The average molecular weight is 235 g/mol. The first kappa shape index (κ1) is 13.3. The van der Waals surface area contributed by atoms with Crippen LogP contribution in [0.5, 0.6) is 0 Å². The molecule has 2 heteroatoms. The van der Waals surface area contributed by atoms with Crippen molar-refractivity contribution < 1.29 is 0 Å². The monoisotopic (exact) mass is 235 g/mol. The predicted octanol–water partition coefficient (Wildman–Crippen LogP) is 3.60. The molecular formula is C14H25NSi. The van der Waals surface area contributed by atoms with Crippen molar-refractivity contribution in [1.82, 2.24) is 0 Å². The SMILES string of the molecule is CC[Si](CC)(CC)c1cc(C)c(N)c(C)c1. The van der Waals surface area contributed by atoms with E-state index in [0.29, 0.717) is 0 Å². The number of aryl methyl sites for hydroxylation is 2. The Balaban J connectivity index is 3.31. The molecule has 0 fully saturated rings. The summed E-state index contributed by atoms with van der Waals surface area (Å²) in [5, 5.41) is 1.60. The second kappa shape index (κ2) is 5.04. The first-order valence-electron chi connectivity index (χ1n) is 6.38. The zero-order valence-corrected chi connectivity index (χ0v) is 12.4. The minimum Gasteiger partial charge on any atom is -0.398 e. The lowest BCUT2D eigenvalue weighted by Crippen LogP contribution is -2.46. The van der Waals surface area contributed by atoms with Gasteiger partial charge in [-0.1, -0.05) is 56.2 Å². The van der Waals surface area contributed by atoms with Crippen molar-refractivity contribution >= 4 is 18.9 Å². The number of anilines is 1. The number of hydrogen-bond acceptors (Lipinski definition) is 1. The van der Waals surface area contributed by atoms with E-state index in [1.807, 2.05) is 0 Å². The van der Waals surface area contributed by atoms with Gasteiger partial charge in [0.1, 0.15) is 0 Å². The molecule has 0 atom stereocenters. The van der Waals surface area contributed by atoms with Gasteiger partial charge in [-0.25, -0.2) is 0 Å².